The van der Waals surface area contributed by atoms with Crippen molar-refractivity contribution in [1.29, 1.82) is 0 Å². The largest absolute Gasteiger partial charge is 0.494 e. The van der Waals surface area contributed by atoms with Crippen molar-refractivity contribution in [1.82, 2.24) is 4.98 Å². The van der Waals surface area contributed by atoms with Gasteiger partial charge in [-0.3, -0.25) is 0 Å². The molecule has 0 aromatic carbocycles. The Bertz CT molecular complexity index is 368. The van der Waals surface area contributed by atoms with E-state index in [4.69, 9.17) is 22.1 Å². The molecule has 1 rings (SSSR count). The van der Waals surface area contributed by atoms with E-state index in [-0.39, 0.29) is 16.5 Å². The van der Waals surface area contributed by atoms with Gasteiger partial charge in [-0.05, 0) is 0 Å². The minimum absolute atomic E-state index is 0.0446. The molecule has 5 nitrogen and oxygen atoms in total. The van der Waals surface area contributed by atoms with Crippen LogP contribution in [0.3, 0.4) is 0 Å². The average Bonchev–Trinajstić information content (AvgIpc) is 2.19. The van der Waals surface area contributed by atoms with E-state index in [0.717, 1.165) is 0 Å². The average molecular weight is 217 g/mol. The third-order valence-corrected chi connectivity index (χ3v) is 1.78. The number of esters is 1. The van der Waals surface area contributed by atoms with Gasteiger partial charge in [0.25, 0.3) is 0 Å². The number of carbonyl (C=O) groups is 1. The fraction of sp³-hybridized carbons (Fsp3) is 0.250. The second-order valence-corrected chi connectivity index (χ2v) is 2.79. The highest BCUT2D eigenvalue weighted by Gasteiger charge is 2.16. The molecule has 2 N–H and O–H groups in total. The normalized spacial score (nSPS) is 9.64. The Hall–Kier alpha value is -1.49. The van der Waals surface area contributed by atoms with Crippen molar-refractivity contribution in [2.24, 2.45) is 0 Å². The Morgan fingerprint density at radius 3 is 2.71 bits per heavy atom. The van der Waals surface area contributed by atoms with E-state index in [1.54, 1.807) is 0 Å². The van der Waals surface area contributed by atoms with Gasteiger partial charge in [-0.15, -0.1) is 0 Å². The van der Waals surface area contributed by atoms with Crippen LogP contribution in [0, 0.1) is 0 Å². The van der Waals surface area contributed by atoms with Crippen LogP contribution in [0.2, 0.25) is 5.15 Å². The zero-order valence-electron chi connectivity index (χ0n) is 7.70. The molecule has 0 saturated carbocycles. The van der Waals surface area contributed by atoms with E-state index in [2.05, 4.69) is 9.72 Å². The topological polar surface area (TPSA) is 74.4 Å². The lowest BCUT2D eigenvalue weighted by Crippen LogP contribution is -2.09. The first kappa shape index (κ1) is 10.6. The fourth-order valence-corrected chi connectivity index (χ4v) is 1.11. The molecule has 1 aromatic heterocycles. The highest BCUT2D eigenvalue weighted by Crippen LogP contribution is 2.27. The lowest BCUT2D eigenvalue weighted by molar-refractivity contribution is 0.0595. The van der Waals surface area contributed by atoms with E-state index in [0.29, 0.717) is 5.75 Å². The molecule has 6 heteroatoms. The number of methoxy groups -OCH3 is 2. The monoisotopic (exact) mass is 216 g/mol. The predicted molar refractivity (Wildman–Crippen MR) is 51.6 cm³/mol. The molecule has 14 heavy (non-hydrogen) atoms. The van der Waals surface area contributed by atoms with E-state index < -0.39 is 5.97 Å². The number of nitrogens with zero attached hydrogens (tertiary/aromatic N) is 1. The van der Waals surface area contributed by atoms with Crippen LogP contribution in [0.15, 0.2) is 6.07 Å². The summed E-state index contributed by atoms with van der Waals surface area (Å²) in [5.74, 6) is -0.353. The molecule has 0 unspecified atom stereocenters. The third kappa shape index (κ3) is 1.88. The summed E-state index contributed by atoms with van der Waals surface area (Å²) in [7, 11) is 2.65. The summed E-state index contributed by atoms with van der Waals surface area (Å²) in [4.78, 5) is 14.9. The number of ether oxygens (including phenoxy) is 2. The Morgan fingerprint density at radius 1 is 1.57 bits per heavy atom. The zero-order valence-corrected chi connectivity index (χ0v) is 8.46. The van der Waals surface area contributed by atoms with Gasteiger partial charge in [-0.2, -0.15) is 0 Å². The van der Waals surface area contributed by atoms with E-state index in [1.807, 2.05) is 0 Å². The van der Waals surface area contributed by atoms with Crippen LogP contribution in [0.5, 0.6) is 5.75 Å². The van der Waals surface area contributed by atoms with E-state index in [9.17, 15) is 4.79 Å². The molecule has 0 saturated heterocycles. The number of anilines is 1. The van der Waals surface area contributed by atoms with Crippen molar-refractivity contribution in [2.75, 3.05) is 20.0 Å². The van der Waals surface area contributed by atoms with Crippen LogP contribution in [0.4, 0.5) is 5.69 Å². The zero-order chi connectivity index (χ0) is 10.7. The molecular weight excluding hydrogens is 208 g/mol. The maximum atomic E-state index is 11.2. The van der Waals surface area contributed by atoms with Gasteiger partial charge in [0.15, 0.2) is 5.69 Å². The number of hydrogen-bond donors (Lipinski definition) is 1. The summed E-state index contributed by atoms with van der Waals surface area (Å²) in [6.07, 6.45) is 0. The van der Waals surface area contributed by atoms with E-state index >= 15 is 0 Å². The molecule has 0 fully saturated rings. The summed E-state index contributed by atoms with van der Waals surface area (Å²) in [5, 5.41) is 0.122. The van der Waals surface area contributed by atoms with Crippen molar-refractivity contribution >= 4 is 23.3 Å². The number of halogens is 1. The molecule has 0 aliphatic heterocycles. The Labute approximate surface area is 85.8 Å². The standard InChI is InChI=1S/C8H9ClN2O3/c1-13-4-3-5(9)11-7(6(4)10)8(12)14-2/h3H,10H2,1-2H3. The van der Waals surface area contributed by atoms with Gasteiger partial charge in [0, 0.05) is 6.07 Å². The van der Waals surface area contributed by atoms with Gasteiger partial charge in [-0.1, -0.05) is 11.6 Å². The SMILES string of the molecule is COC(=O)c1nc(Cl)cc(OC)c1N. The van der Waals surface area contributed by atoms with E-state index in [1.165, 1.54) is 20.3 Å². The lowest BCUT2D eigenvalue weighted by atomic mass is 10.3. The number of nitrogens with two attached hydrogens (primary N) is 1. The smallest absolute Gasteiger partial charge is 0.359 e. The molecule has 0 aliphatic carbocycles. The van der Waals surface area contributed by atoms with Gasteiger partial charge in [-0.25, -0.2) is 9.78 Å². The van der Waals surface area contributed by atoms with Crippen LogP contribution >= 0.6 is 11.6 Å². The number of nitrogen functional groups attached to an aromatic ring is 1. The quantitative estimate of drug-likeness (QED) is 0.592. The van der Waals surface area contributed by atoms with Gasteiger partial charge >= 0.3 is 5.97 Å². The maximum absolute atomic E-state index is 11.2. The van der Waals surface area contributed by atoms with Crippen LogP contribution in [-0.2, 0) is 4.74 Å². The summed E-state index contributed by atoms with van der Waals surface area (Å²) >= 11 is 5.65. The molecule has 1 aromatic rings. The fourth-order valence-electron chi connectivity index (χ4n) is 0.923. The van der Waals surface area contributed by atoms with Crippen molar-refractivity contribution in [2.45, 2.75) is 0 Å². The lowest BCUT2D eigenvalue weighted by Gasteiger charge is -2.07. The molecular formula is C8H9ClN2O3. The Kier molecular flexibility index (Phi) is 3.14. The molecule has 0 atom stereocenters. The molecule has 0 spiro atoms. The first-order valence-electron chi connectivity index (χ1n) is 3.68. The molecule has 0 bridgehead atoms. The summed E-state index contributed by atoms with van der Waals surface area (Å²) in [5.41, 5.74) is 5.66. The second kappa shape index (κ2) is 4.15. The minimum atomic E-state index is -0.650. The molecule has 0 radical (unpaired) electrons. The van der Waals surface area contributed by atoms with Crippen LogP contribution in [0.1, 0.15) is 10.5 Å². The number of hydrogen-bond acceptors (Lipinski definition) is 5. The second-order valence-electron chi connectivity index (χ2n) is 2.40. The molecule has 0 aliphatic rings. The van der Waals surface area contributed by atoms with Crippen LogP contribution in [0.25, 0.3) is 0 Å². The maximum Gasteiger partial charge on any atom is 0.359 e. The Morgan fingerprint density at radius 2 is 2.21 bits per heavy atom. The van der Waals surface area contributed by atoms with Gasteiger partial charge in [0.05, 0.1) is 14.2 Å². The van der Waals surface area contributed by atoms with Gasteiger partial charge < -0.3 is 15.2 Å². The minimum Gasteiger partial charge on any atom is -0.494 e. The summed E-state index contributed by atoms with van der Waals surface area (Å²) < 4.78 is 9.38. The Balaban J connectivity index is 3.29. The molecule has 1 heterocycles. The van der Waals surface area contributed by atoms with Gasteiger partial charge in [0.1, 0.15) is 16.6 Å². The van der Waals surface area contributed by atoms with Crippen LogP contribution < -0.4 is 10.5 Å². The van der Waals surface area contributed by atoms with Crippen molar-refractivity contribution in [3.05, 3.63) is 16.9 Å². The van der Waals surface area contributed by atoms with Crippen molar-refractivity contribution < 1.29 is 14.3 Å². The van der Waals surface area contributed by atoms with Gasteiger partial charge in [0.2, 0.25) is 0 Å². The van der Waals surface area contributed by atoms with Crippen molar-refractivity contribution in [3.8, 4) is 5.75 Å². The van der Waals surface area contributed by atoms with Crippen LogP contribution in [-0.4, -0.2) is 25.2 Å². The molecule has 0 amide bonds. The number of rotatable bonds is 2. The highest BCUT2D eigenvalue weighted by atomic mass is 35.5. The summed E-state index contributed by atoms with van der Waals surface area (Å²) in [6, 6.07) is 1.42. The number of carbonyl (C=O) groups excluding carboxylic acids is 1. The predicted octanol–water partition coefficient (Wildman–Crippen LogP) is 1.11. The first-order chi connectivity index (χ1) is 6.60. The number of aromatic nitrogens is 1. The highest BCUT2D eigenvalue weighted by molar-refractivity contribution is 6.29. The number of pyridine rings is 1. The third-order valence-electron chi connectivity index (χ3n) is 1.59. The first-order valence-corrected chi connectivity index (χ1v) is 4.06. The van der Waals surface area contributed by atoms with Crippen molar-refractivity contribution in [3.63, 3.8) is 0 Å². The molecule has 76 valence electrons. The summed E-state index contributed by atoms with van der Waals surface area (Å²) in [6.45, 7) is 0.